The van der Waals surface area contributed by atoms with Crippen molar-refractivity contribution in [2.75, 3.05) is 6.54 Å². The van der Waals surface area contributed by atoms with E-state index in [1.54, 1.807) is 6.92 Å². The molecule has 0 spiro atoms. The van der Waals surface area contributed by atoms with Crippen molar-refractivity contribution in [1.82, 2.24) is 9.47 Å². The van der Waals surface area contributed by atoms with Crippen LogP contribution in [-0.4, -0.2) is 44.0 Å². The van der Waals surface area contributed by atoms with Crippen LogP contribution in [-0.2, 0) is 11.3 Å². The van der Waals surface area contributed by atoms with Crippen molar-refractivity contribution in [2.45, 2.75) is 38.8 Å². The summed E-state index contributed by atoms with van der Waals surface area (Å²) in [4.78, 5) is 35.4. The molecule has 1 aromatic rings. The normalized spacial score (nSPS) is 18.5. The minimum absolute atomic E-state index is 0.163. The summed E-state index contributed by atoms with van der Waals surface area (Å²) in [7, 11) is 0. The fraction of sp³-hybridized carbons (Fsp3) is 0.538. The number of carbonyl (C=O) groups excluding carboxylic acids is 1. The van der Waals surface area contributed by atoms with Gasteiger partial charge in [0.05, 0.1) is 11.1 Å². The van der Waals surface area contributed by atoms with Gasteiger partial charge < -0.3 is 14.6 Å². The second kappa shape index (κ2) is 5.94. The lowest BCUT2D eigenvalue weighted by molar-refractivity contribution is -0.384. The van der Waals surface area contributed by atoms with E-state index in [0.29, 0.717) is 19.5 Å². The number of aryl methyl sites for hydroxylation is 1. The molecule has 0 saturated carbocycles. The molecule has 8 heteroatoms. The zero-order valence-corrected chi connectivity index (χ0v) is 11.7. The molecule has 2 heterocycles. The number of nitrogens with zero attached hydrogens (tertiary/aromatic N) is 3. The van der Waals surface area contributed by atoms with Crippen molar-refractivity contribution in [3.05, 3.63) is 28.1 Å². The first-order chi connectivity index (χ1) is 9.95. The summed E-state index contributed by atoms with van der Waals surface area (Å²) in [6, 6.07) is 0.352. The van der Waals surface area contributed by atoms with Gasteiger partial charge >= 0.3 is 5.97 Å². The predicted molar refractivity (Wildman–Crippen MR) is 73.1 cm³/mol. The zero-order valence-electron chi connectivity index (χ0n) is 11.7. The summed E-state index contributed by atoms with van der Waals surface area (Å²) in [5, 5.41) is 20.0. The third kappa shape index (κ3) is 2.88. The van der Waals surface area contributed by atoms with Crippen LogP contribution in [0.5, 0.6) is 0 Å². The maximum atomic E-state index is 12.5. The van der Waals surface area contributed by atoms with Crippen LogP contribution in [0.4, 0.5) is 5.69 Å². The van der Waals surface area contributed by atoms with E-state index in [-0.39, 0.29) is 11.4 Å². The van der Waals surface area contributed by atoms with Gasteiger partial charge in [0, 0.05) is 19.2 Å². The minimum atomic E-state index is -1.04. The van der Waals surface area contributed by atoms with Crippen molar-refractivity contribution in [3.8, 4) is 0 Å². The van der Waals surface area contributed by atoms with Crippen molar-refractivity contribution < 1.29 is 19.6 Å². The standard InChI is InChI=1S/C13H17N3O5/c1-2-14-8-9(16(20)21)7-11(14)12(17)15-6-4-3-5-10(15)13(18)19/h7-8,10H,2-6H2,1H3,(H,18,19)/t10-/m1/s1. The number of carboxylic acid groups (broad SMARTS) is 1. The van der Waals surface area contributed by atoms with E-state index in [0.717, 1.165) is 12.8 Å². The number of nitro groups is 1. The molecule has 0 unspecified atom stereocenters. The van der Waals surface area contributed by atoms with Gasteiger partial charge in [-0.05, 0) is 26.2 Å². The highest BCUT2D eigenvalue weighted by molar-refractivity contribution is 5.96. The molecule has 1 fully saturated rings. The van der Waals surface area contributed by atoms with Gasteiger partial charge in [0.15, 0.2) is 0 Å². The molecule has 8 nitrogen and oxygen atoms in total. The lowest BCUT2D eigenvalue weighted by Crippen LogP contribution is -2.48. The van der Waals surface area contributed by atoms with Gasteiger partial charge in [0.25, 0.3) is 11.6 Å². The summed E-state index contributed by atoms with van der Waals surface area (Å²) < 4.78 is 1.48. The molecule has 1 N–H and O–H groups in total. The fourth-order valence-corrected chi connectivity index (χ4v) is 2.61. The third-order valence-electron chi connectivity index (χ3n) is 3.70. The highest BCUT2D eigenvalue weighted by Gasteiger charge is 2.34. The van der Waals surface area contributed by atoms with Crippen molar-refractivity contribution >= 4 is 17.6 Å². The molecule has 1 aliphatic heterocycles. The number of aromatic nitrogens is 1. The van der Waals surface area contributed by atoms with Crippen LogP contribution in [0, 0.1) is 10.1 Å². The Morgan fingerprint density at radius 3 is 2.76 bits per heavy atom. The Morgan fingerprint density at radius 1 is 1.48 bits per heavy atom. The lowest BCUT2D eigenvalue weighted by Gasteiger charge is -2.33. The number of likely N-dealkylation sites (tertiary alicyclic amines) is 1. The zero-order chi connectivity index (χ0) is 15.6. The summed E-state index contributed by atoms with van der Waals surface area (Å²) >= 11 is 0. The van der Waals surface area contributed by atoms with Crippen molar-refractivity contribution in [1.29, 1.82) is 0 Å². The average Bonchev–Trinajstić information content (AvgIpc) is 2.90. The predicted octanol–water partition coefficient (Wildman–Crippen LogP) is 1.50. The molecule has 21 heavy (non-hydrogen) atoms. The molecular weight excluding hydrogens is 278 g/mol. The monoisotopic (exact) mass is 295 g/mol. The van der Waals surface area contributed by atoms with Crippen LogP contribution in [0.25, 0.3) is 0 Å². The molecule has 2 rings (SSSR count). The van der Waals surface area contributed by atoms with Crippen LogP contribution in [0.15, 0.2) is 12.3 Å². The number of piperidine rings is 1. The smallest absolute Gasteiger partial charge is 0.326 e. The third-order valence-corrected chi connectivity index (χ3v) is 3.70. The van der Waals surface area contributed by atoms with Gasteiger partial charge in [-0.1, -0.05) is 0 Å². The summed E-state index contributed by atoms with van der Waals surface area (Å²) in [6.07, 6.45) is 3.21. The Bertz CT molecular complexity index is 580. The Kier molecular flexibility index (Phi) is 4.25. The fourth-order valence-electron chi connectivity index (χ4n) is 2.61. The second-order valence-electron chi connectivity index (χ2n) is 4.98. The molecule has 114 valence electrons. The first kappa shape index (κ1) is 15.0. The maximum Gasteiger partial charge on any atom is 0.326 e. The van der Waals surface area contributed by atoms with E-state index in [9.17, 15) is 24.8 Å². The van der Waals surface area contributed by atoms with Crippen LogP contribution in [0.1, 0.15) is 36.7 Å². The van der Waals surface area contributed by atoms with Gasteiger partial charge in [-0.3, -0.25) is 14.9 Å². The highest BCUT2D eigenvalue weighted by Crippen LogP contribution is 2.23. The first-order valence-corrected chi connectivity index (χ1v) is 6.84. The Labute approximate surface area is 121 Å². The topological polar surface area (TPSA) is 106 Å². The van der Waals surface area contributed by atoms with E-state index in [4.69, 9.17) is 0 Å². The number of aliphatic carboxylic acids is 1. The molecule has 0 radical (unpaired) electrons. The molecule has 1 saturated heterocycles. The minimum Gasteiger partial charge on any atom is -0.480 e. The largest absolute Gasteiger partial charge is 0.480 e. The first-order valence-electron chi connectivity index (χ1n) is 6.84. The summed E-state index contributed by atoms with van der Waals surface area (Å²) in [5.41, 5.74) is 0.00133. The van der Waals surface area contributed by atoms with Crippen molar-refractivity contribution in [3.63, 3.8) is 0 Å². The van der Waals surface area contributed by atoms with E-state index in [2.05, 4.69) is 0 Å². The summed E-state index contributed by atoms with van der Waals surface area (Å²) in [6.45, 7) is 2.53. The van der Waals surface area contributed by atoms with Crippen LogP contribution in [0.3, 0.4) is 0 Å². The highest BCUT2D eigenvalue weighted by atomic mass is 16.6. The maximum absolute atomic E-state index is 12.5. The molecule has 0 bridgehead atoms. The van der Waals surface area contributed by atoms with Gasteiger partial charge in [0.2, 0.25) is 0 Å². The second-order valence-corrected chi connectivity index (χ2v) is 4.98. The quantitative estimate of drug-likeness (QED) is 0.669. The van der Waals surface area contributed by atoms with Gasteiger partial charge in [-0.15, -0.1) is 0 Å². The lowest BCUT2D eigenvalue weighted by atomic mass is 10.0. The SMILES string of the molecule is CCn1cc([N+](=O)[O-])cc1C(=O)N1CCCC[C@@H]1C(=O)O. The van der Waals surface area contributed by atoms with E-state index in [1.807, 2.05) is 0 Å². The number of carboxylic acids is 1. The molecule has 1 amide bonds. The number of amides is 1. The van der Waals surface area contributed by atoms with Gasteiger partial charge in [-0.25, -0.2) is 4.79 Å². The van der Waals surface area contributed by atoms with Crippen LogP contribution >= 0.6 is 0 Å². The number of hydrogen-bond donors (Lipinski definition) is 1. The Morgan fingerprint density at radius 2 is 2.19 bits per heavy atom. The van der Waals surface area contributed by atoms with Crippen LogP contribution < -0.4 is 0 Å². The molecule has 1 aromatic heterocycles. The van der Waals surface area contributed by atoms with E-state index >= 15 is 0 Å². The molecule has 0 aliphatic carbocycles. The van der Waals surface area contributed by atoms with Gasteiger partial charge in [0.1, 0.15) is 11.7 Å². The van der Waals surface area contributed by atoms with Gasteiger partial charge in [-0.2, -0.15) is 0 Å². The summed E-state index contributed by atoms with van der Waals surface area (Å²) in [5.74, 6) is -1.50. The Hall–Kier alpha value is -2.38. The van der Waals surface area contributed by atoms with E-state index in [1.165, 1.54) is 21.7 Å². The number of rotatable bonds is 4. The molecule has 0 aromatic carbocycles. The molecular formula is C13H17N3O5. The van der Waals surface area contributed by atoms with E-state index < -0.39 is 22.8 Å². The Balaban J connectivity index is 2.33. The molecule has 1 atom stereocenters. The van der Waals surface area contributed by atoms with Crippen molar-refractivity contribution in [2.24, 2.45) is 0 Å². The number of hydrogen-bond acceptors (Lipinski definition) is 4. The van der Waals surface area contributed by atoms with Crippen LogP contribution in [0.2, 0.25) is 0 Å². The molecule has 1 aliphatic rings. The number of carbonyl (C=O) groups is 2. The average molecular weight is 295 g/mol.